The highest BCUT2D eigenvalue weighted by Gasteiger charge is 2.79. The van der Waals surface area contributed by atoms with Crippen LogP contribution in [-0.4, -0.2) is 84.3 Å². The topological polar surface area (TPSA) is 146 Å². The number of ether oxygens (including phenoxy) is 3. The summed E-state index contributed by atoms with van der Waals surface area (Å²) in [5.41, 5.74) is -6.35. The predicted molar refractivity (Wildman–Crippen MR) is 170 cm³/mol. The maximum absolute atomic E-state index is 15.1. The lowest BCUT2D eigenvalue weighted by Crippen LogP contribution is -2.83. The van der Waals surface area contributed by atoms with Gasteiger partial charge in [-0.1, -0.05) is 59.7 Å². The molecule has 11 heteroatoms. The molecular formula is C35H50O10Si. The number of carbonyl (C=O) groups is 4. The fourth-order valence-corrected chi connectivity index (χ4v) is 12.3. The highest BCUT2D eigenvalue weighted by atomic mass is 28.4. The summed E-state index contributed by atoms with van der Waals surface area (Å²) < 4.78 is 25.7. The SMILES string of the molecule is CC[Si](CC)(CC)O[C@H]1C[C@H]2OC[C@@]2(OC(C)=O)[C@H]2[C@H](OC(=O)c3ccccc3)[C@]3(O)CC(O)C(C)C(C(=O)C(=O)[C@]12C)C3(C)C. The number of ketones is 2. The van der Waals surface area contributed by atoms with Gasteiger partial charge in [0.2, 0.25) is 11.6 Å². The summed E-state index contributed by atoms with van der Waals surface area (Å²) in [7, 11) is -2.44. The Hall–Kier alpha value is -2.44. The first kappa shape index (κ1) is 34.9. The van der Waals surface area contributed by atoms with Crippen molar-refractivity contribution in [3.63, 3.8) is 0 Å². The molecule has 1 heterocycles. The van der Waals surface area contributed by atoms with Gasteiger partial charge in [-0.2, -0.15) is 0 Å². The van der Waals surface area contributed by atoms with E-state index in [1.807, 2.05) is 0 Å². The summed E-state index contributed by atoms with van der Waals surface area (Å²) in [4.78, 5) is 56.5. The largest absolute Gasteiger partial charge is 0.455 e. The minimum absolute atomic E-state index is 0.123. The van der Waals surface area contributed by atoms with E-state index in [0.717, 1.165) is 18.1 Å². The molecule has 0 amide bonds. The molecule has 2 bridgehead atoms. The molecule has 1 aliphatic heterocycles. The van der Waals surface area contributed by atoms with Crippen molar-refractivity contribution >= 4 is 31.8 Å². The number of rotatable bonds is 8. The molecule has 3 saturated carbocycles. The normalized spacial score (nSPS) is 40.0. The van der Waals surface area contributed by atoms with Gasteiger partial charge in [0.05, 0.1) is 35.7 Å². The van der Waals surface area contributed by atoms with E-state index in [1.165, 1.54) is 6.92 Å². The average Bonchev–Trinajstić information content (AvgIpc) is 3.01. The van der Waals surface area contributed by atoms with Crippen molar-refractivity contribution in [2.24, 2.45) is 28.6 Å². The molecule has 3 aliphatic carbocycles. The number of Topliss-reactive ketones (excluding diaryl/α,β-unsaturated/α-hetero) is 2. The van der Waals surface area contributed by atoms with E-state index in [-0.39, 0.29) is 25.0 Å². The first-order valence-electron chi connectivity index (χ1n) is 16.7. The number of aliphatic hydroxyl groups excluding tert-OH is 1. The second-order valence-electron chi connectivity index (χ2n) is 14.8. The van der Waals surface area contributed by atoms with Gasteiger partial charge in [0.1, 0.15) is 17.8 Å². The van der Waals surface area contributed by atoms with E-state index in [9.17, 15) is 24.6 Å². The van der Waals surface area contributed by atoms with Gasteiger partial charge >= 0.3 is 11.9 Å². The first-order valence-corrected chi connectivity index (χ1v) is 19.3. The van der Waals surface area contributed by atoms with Crippen molar-refractivity contribution in [3.8, 4) is 0 Å². The van der Waals surface area contributed by atoms with Crippen LogP contribution in [0.5, 0.6) is 0 Å². The fourth-order valence-electron chi connectivity index (χ4n) is 9.40. The van der Waals surface area contributed by atoms with Crippen molar-refractivity contribution in [2.45, 2.75) is 122 Å². The lowest BCUT2D eigenvalue weighted by Gasteiger charge is -2.68. The Morgan fingerprint density at radius 1 is 1.04 bits per heavy atom. The predicted octanol–water partition coefficient (Wildman–Crippen LogP) is 4.26. The second-order valence-corrected chi connectivity index (χ2v) is 19.6. The molecule has 0 aromatic heterocycles. The first-order chi connectivity index (χ1) is 21.5. The molecule has 1 aromatic carbocycles. The van der Waals surface area contributed by atoms with E-state index < -0.39 is 96.0 Å². The number of hydrogen-bond acceptors (Lipinski definition) is 10. The standard InChI is InChI=1S/C35H50O10Si/c1-9-46(10-2,11-3)45-24-17-25-34(19-42-25,44-21(5)36)28-30(43-31(40)22-15-13-12-14-16-22)35(41)18-23(37)20(4)26(32(35,6)7)27(38)29(39)33(24,28)8/h12-16,20,23-26,28,30,37,41H,9-11,17-19H2,1-8H3/t20?,23?,24-,25+,26?,28-,30-,33+,34-,35+/m0/s1. The third-order valence-corrected chi connectivity index (χ3v) is 17.2. The van der Waals surface area contributed by atoms with Crippen LogP contribution < -0.4 is 0 Å². The molecule has 3 unspecified atom stereocenters. The van der Waals surface area contributed by atoms with Crippen LogP contribution >= 0.6 is 0 Å². The van der Waals surface area contributed by atoms with Crippen LogP contribution in [0.2, 0.25) is 18.1 Å². The second kappa shape index (κ2) is 11.9. The van der Waals surface area contributed by atoms with Gasteiger partial charge in [-0.3, -0.25) is 14.4 Å². The molecule has 4 aliphatic rings. The van der Waals surface area contributed by atoms with Gasteiger partial charge in [-0.25, -0.2) is 4.79 Å². The number of fused-ring (bicyclic) bond motifs is 5. The maximum atomic E-state index is 15.1. The molecule has 5 rings (SSSR count). The van der Waals surface area contributed by atoms with Crippen LogP contribution in [0.3, 0.4) is 0 Å². The van der Waals surface area contributed by atoms with Crippen molar-refractivity contribution in [2.75, 3.05) is 6.61 Å². The summed E-state index contributed by atoms with van der Waals surface area (Å²) in [5.74, 6) is -5.82. The summed E-state index contributed by atoms with van der Waals surface area (Å²) in [6.45, 7) is 14.1. The van der Waals surface area contributed by atoms with E-state index in [4.69, 9.17) is 18.6 Å². The molecule has 0 radical (unpaired) electrons. The van der Waals surface area contributed by atoms with Gasteiger partial charge in [0.25, 0.3) is 0 Å². The Kier molecular flexibility index (Phi) is 9.03. The minimum atomic E-state index is -2.44. The smallest absolute Gasteiger partial charge is 0.338 e. The molecule has 4 fully saturated rings. The Labute approximate surface area is 272 Å². The lowest BCUT2D eigenvalue weighted by atomic mass is 9.42. The molecule has 10 atom stereocenters. The van der Waals surface area contributed by atoms with E-state index in [2.05, 4.69) is 20.8 Å². The third kappa shape index (κ3) is 4.86. The molecule has 10 nitrogen and oxygen atoms in total. The van der Waals surface area contributed by atoms with Crippen LogP contribution in [0, 0.1) is 28.6 Å². The quantitative estimate of drug-likeness (QED) is 0.236. The van der Waals surface area contributed by atoms with Gasteiger partial charge in [-0.05, 0) is 43.1 Å². The van der Waals surface area contributed by atoms with Gasteiger partial charge in [0.15, 0.2) is 13.9 Å². The lowest BCUT2D eigenvalue weighted by molar-refractivity contribution is -0.348. The monoisotopic (exact) mass is 658 g/mol. The average molecular weight is 659 g/mol. The van der Waals surface area contributed by atoms with Crippen molar-refractivity contribution < 1.29 is 48.0 Å². The summed E-state index contributed by atoms with van der Waals surface area (Å²) >= 11 is 0. The van der Waals surface area contributed by atoms with Crippen LogP contribution in [0.4, 0.5) is 0 Å². The molecular weight excluding hydrogens is 608 g/mol. The number of esters is 2. The van der Waals surface area contributed by atoms with E-state index in [1.54, 1.807) is 58.0 Å². The van der Waals surface area contributed by atoms with Gasteiger partial charge in [-0.15, -0.1) is 0 Å². The fraction of sp³-hybridized carbons (Fsp3) is 0.714. The number of hydrogen-bond donors (Lipinski definition) is 2. The molecule has 1 saturated heterocycles. The molecule has 0 spiro atoms. The van der Waals surface area contributed by atoms with Crippen LogP contribution in [0.25, 0.3) is 0 Å². The van der Waals surface area contributed by atoms with Crippen LogP contribution in [0.1, 0.15) is 78.6 Å². The third-order valence-electron chi connectivity index (χ3n) is 12.5. The number of carbonyl (C=O) groups excluding carboxylic acids is 4. The van der Waals surface area contributed by atoms with Crippen molar-refractivity contribution in [1.29, 1.82) is 0 Å². The maximum Gasteiger partial charge on any atom is 0.338 e. The zero-order valence-electron chi connectivity index (χ0n) is 28.3. The zero-order chi connectivity index (χ0) is 34.0. The summed E-state index contributed by atoms with van der Waals surface area (Å²) in [6.07, 6.45) is -4.33. The Bertz CT molecular complexity index is 1370. The van der Waals surface area contributed by atoms with Crippen molar-refractivity contribution in [3.05, 3.63) is 35.9 Å². The summed E-state index contributed by atoms with van der Waals surface area (Å²) in [6, 6.07) is 10.6. The molecule has 254 valence electrons. The van der Waals surface area contributed by atoms with E-state index >= 15 is 4.79 Å². The van der Waals surface area contributed by atoms with Crippen LogP contribution in [-0.2, 0) is 33.0 Å². The van der Waals surface area contributed by atoms with Crippen molar-refractivity contribution in [1.82, 2.24) is 0 Å². The Morgan fingerprint density at radius 3 is 2.17 bits per heavy atom. The highest BCUT2D eigenvalue weighted by molar-refractivity contribution is 6.73. The summed E-state index contributed by atoms with van der Waals surface area (Å²) in [5, 5.41) is 24.4. The molecule has 46 heavy (non-hydrogen) atoms. The number of aliphatic hydroxyl groups is 2. The number of benzene rings is 1. The van der Waals surface area contributed by atoms with Gasteiger partial charge in [0, 0.05) is 31.1 Å². The molecule has 2 N–H and O–H groups in total. The molecule has 1 aromatic rings. The minimum Gasteiger partial charge on any atom is -0.455 e. The van der Waals surface area contributed by atoms with E-state index in [0.29, 0.717) is 0 Å². The zero-order valence-corrected chi connectivity index (χ0v) is 29.3. The highest BCUT2D eigenvalue weighted by Crippen LogP contribution is 2.65. The Balaban J connectivity index is 1.82. The van der Waals surface area contributed by atoms with Crippen LogP contribution in [0.15, 0.2) is 30.3 Å². The Morgan fingerprint density at radius 2 is 1.65 bits per heavy atom. The van der Waals surface area contributed by atoms with Gasteiger partial charge < -0.3 is 28.8 Å².